The quantitative estimate of drug-likeness (QED) is 0.698. The van der Waals surface area contributed by atoms with E-state index in [2.05, 4.69) is 27.0 Å². The summed E-state index contributed by atoms with van der Waals surface area (Å²) in [4.78, 5) is 0. The molecule has 0 amide bonds. The summed E-state index contributed by atoms with van der Waals surface area (Å²) in [5.74, 6) is 0.606. The summed E-state index contributed by atoms with van der Waals surface area (Å²) in [7, 11) is 0. The van der Waals surface area contributed by atoms with Crippen LogP contribution in [0.5, 0.6) is 0 Å². The summed E-state index contributed by atoms with van der Waals surface area (Å²) < 4.78 is 0. The molecule has 1 aliphatic carbocycles. The van der Waals surface area contributed by atoms with Crippen molar-refractivity contribution in [1.82, 2.24) is 0 Å². The van der Waals surface area contributed by atoms with Crippen LogP contribution in [0.4, 0.5) is 0 Å². The van der Waals surface area contributed by atoms with Crippen LogP contribution in [0, 0.1) is 11.3 Å². The second-order valence-electron chi connectivity index (χ2n) is 5.50. The zero-order chi connectivity index (χ0) is 11.5. The van der Waals surface area contributed by atoms with E-state index in [1.165, 1.54) is 24.8 Å². The molecule has 0 aromatic carbocycles. The van der Waals surface area contributed by atoms with Crippen LogP contribution in [0.1, 0.15) is 46.0 Å². The van der Waals surface area contributed by atoms with E-state index < -0.39 is 0 Å². The normalized spacial score (nSPS) is 25.3. The topological polar surface area (TPSA) is 20.2 Å². The third-order valence-corrected chi connectivity index (χ3v) is 3.77. The summed E-state index contributed by atoms with van der Waals surface area (Å²) in [6.45, 7) is 12.9. The lowest BCUT2D eigenvalue weighted by Crippen LogP contribution is -2.29. The molecule has 1 fully saturated rings. The average molecular weight is 208 g/mol. The molecule has 86 valence electrons. The van der Waals surface area contributed by atoms with E-state index in [1.54, 1.807) is 0 Å². The third kappa shape index (κ3) is 3.20. The Kier molecular flexibility index (Phi) is 4.15. The molecule has 0 aromatic heterocycles. The smallest absolute Gasteiger partial charge is 0.0639 e. The van der Waals surface area contributed by atoms with Crippen LogP contribution in [0.2, 0.25) is 0 Å². The van der Waals surface area contributed by atoms with Crippen molar-refractivity contribution in [2.45, 2.75) is 46.0 Å². The fraction of sp³-hybridized carbons (Fsp3) is 0.714. The first-order valence-corrected chi connectivity index (χ1v) is 5.92. The molecule has 15 heavy (non-hydrogen) atoms. The van der Waals surface area contributed by atoms with Crippen molar-refractivity contribution in [2.75, 3.05) is 6.61 Å². The summed E-state index contributed by atoms with van der Waals surface area (Å²) in [5.41, 5.74) is 2.73. The molecule has 0 aliphatic heterocycles. The number of allylic oxidation sites excluding steroid dienone is 1. The first-order valence-electron chi connectivity index (χ1n) is 5.92. The van der Waals surface area contributed by atoms with Crippen LogP contribution < -0.4 is 0 Å². The van der Waals surface area contributed by atoms with Crippen molar-refractivity contribution in [3.63, 3.8) is 0 Å². The zero-order valence-electron chi connectivity index (χ0n) is 10.2. The molecule has 0 bridgehead atoms. The second kappa shape index (κ2) is 4.98. The Bertz CT molecular complexity index is 250. The largest absolute Gasteiger partial charge is 0.392 e. The Hall–Kier alpha value is -0.560. The molecule has 1 nitrogen and oxygen atoms in total. The van der Waals surface area contributed by atoms with Crippen LogP contribution in [0.15, 0.2) is 24.3 Å². The Labute approximate surface area is 93.9 Å². The Morgan fingerprint density at radius 3 is 2.73 bits per heavy atom. The predicted molar refractivity (Wildman–Crippen MR) is 65.7 cm³/mol. The summed E-state index contributed by atoms with van der Waals surface area (Å²) >= 11 is 0. The fourth-order valence-electron chi connectivity index (χ4n) is 2.69. The molecule has 0 radical (unpaired) electrons. The lowest BCUT2D eigenvalue weighted by atomic mass is 9.65. The standard InChI is InChI=1S/C14H24O/c1-11(10-15)7-8-13-12(2)6-5-9-14(13,3)4/h13,15H,1-2,5-10H2,3-4H3/t13-/m1/s1. The van der Waals surface area contributed by atoms with Gasteiger partial charge in [-0.05, 0) is 43.4 Å². The molecule has 1 aliphatic rings. The van der Waals surface area contributed by atoms with E-state index in [0.717, 1.165) is 18.4 Å². The van der Waals surface area contributed by atoms with Gasteiger partial charge in [-0.15, -0.1) is 0 Å². The minimum Gasteiger partial charge on any atom is -0.392 e. The first kappa shape index (κ1) is 12.5. The monoisotopic (exact) mass is 208 g/mol. The molecule has 0 unspecified atom stereocenters. The van der Waals surface area contributed by atoms with Crippen molar-refractivity contribution in [3.8, 4) is 0 Å². The molecule has 0 saturated heterocycles. The number of hydrogen-bond donors (Lipinski definition) is 1. The highest BCUT2D eigenvalue weighted by molar-refractivity contribution is 5.10. The van der Waals surface area contributed by atoms with Crippen LogP contribution in [-0.4, -0.2) is 11.7 Å². The van der Waals surface area contributed by atoms with Crippen molar-refractivity contribution in [3.05, 3.63) is 24.3 Å². The Morgan fingerprint density at radius 1 is 1.53 bits per heavy atom. The molecule has 0 heterocycles. The minimum absolute atomic E-state index is 0.125. The van der Waals surface area contributed by atoms with Crippen molar-refractivity contribution in [1.29, 1.82) is 0 Å². The number of aliphatic hydroxyl groups excluding tert-OH is 1. The maximum atomic E-state index is 8.94. The van der Waals surface area contributed by atoms with Gasteiger partial charge in [-0.1, -0.05) is 38.2 Å². The third-order valence-electron chi connectivity index (χ3n) is 3.77. The summed E-state index contributed by atoms with van der Waals surface area (Å²) in [5, 5.41) is 8.94. The number of aliphatic hydroxyl groups is 1. The highest BCUT2D eigenvalue weighted by atomic mass is 16.3. The number of hydrogen-bond acceptors (Lipinski definition) is 1. The lowest BCUT2D eigenvalue weighted by Gasteiger charge is -2.40. The maximum absolute atomic E-state index is 8.94. The maximum Gasteiger partial charge on any atom is 0.0639 e. The van der Waals surface area contributed by atoms with Gasteiger partial charge < -0.3 is 5.11 Å². The van der Waals surface area contributed by atoms with E-state index in [-0.39, 0.29) is 6.61 Å². The van der Waals surface area contributed by atoms with Crippen LogP contribution >= 0.6 is 0 Å². The summed E-state index contributed by atoms with van der Waals surface area (Å²) in [6, 6.07) is 0. The van der Waals surface area contributed by atoms with Gasteiger partial charge in [-0.2, -0.15) is 0 Å². The highest BCUT2D eigenvalue weighted by Gasteiger charge is 2.33. The molecule has 0 spiro atoms. The van der Waals surface area contributed by atoms with Crippen LogP contribution in [0.3, 0.4) is 0 Å². The van der Waals surface area contributed by atoms with Gasteiger partial charge in [0.15, 0.2) is 0 Å². The van der Waals surface area contributed by atoms with Gasteiger partial charge in [0.05, 0.1) is 6.61 Å². The van der Waals surface area contributed by atoms with E-state index >= 15 is 0 Å². The molecular formula is C14H24O. The molecule has 0 aromatic rings. The Balaban J connectivity index is 2.56. The van der Waals surface area contributed by atoms with E-state index in [4.69, 9.17) is 5.11 Å². The molecule has 1 atom stereocenters. The van der Waals surface area contributed by atoms with Crippen LogP contribution in [0.25, 0.3) is 0 Å². The van der Waals surface area contributed by atoms with E-state index in [1.807, 2.05) is 0 Å². The average Bonchev–Trinajstić information content (AvgIpc) is 2.15. The molecule has 1 saturated carbocycles. The van der Waals surface area contributed by atoms with Crippen LogP contribution in [-0.2, 0) is 0 Å². The van der Waals surface area contributed by atoms with E-state index in [0.29, 0.717) is 11.3 Å². The summed E-state index contributed by atoms with van der Waals surface area (Å²) in [6.07, 6.45) is 5.79. The predicted octanol–water partition coefficient (Wildman–Crippen LogP) is 3.70. The second-order valence-corrected chi connectivity index (χ2v) is 5.50. The van der Waals surface area contributed by atoms with Gasteiger partial charge in [0.25, 0.3) is 0 Å². The number of rotatable bonds is 4. The van der Waals surface area contributed by atoms with Gasteiger partial charge in [0.1, 0.15) is 0 Å². The van der Waals surface area contributed by atoms with Gasteiger partial charge in [0, 0.05) is 0 Å². The lowest BCUT2D eigenvalue weighted by molar-refractivity contribution is 0.179. The molecular weight excluding hydrogens is 184 g/mol. The van der Waals surface area contributed by atoms with Crippen molar-refractivity contribution >= 4 is 0 Å². The SMILES string of the molecule is C=C(CO)CC[C@@H]1C(=C)CCCC1(C)C. The molecule has 1 heteroatoms. The first-order chi connectivity index (χ1) is 6.97. The van der Waals surface area contributed by atoms with E-state index in [9.17, 15) is 0 Å². The van der Waals surface area contributed by atoms with Gasteiger partial charge >= 0.3 is 0 Å². The van der Waals surface area contributed by atoms with Gasteiger partial charge in [-0.25, -0.2) is 0 Å². The minimum atomic E-state index is 0.125. The zero-order valence-corrected chi connectivity index (χ0v) is 10.2. The van der Waals surface area contributed by atoms with Crippen molar-refractivity contribution < 1.29 is 5.11 Å². The molecule has 1 N–H and O–H groups in total. The highest BCUT2D eigenvalue weighted by Crippen LogP contribution is 2.45. The molecule has 1 rings (SSSR count). The Morgan fingerprint density at radius 2 is 2.20 bits per heavy atom. The van der Waals surface area contributed by atoms with Crippen molar-refractivity contribution in [2.24, 2.45) is 11.3 Å². The van der Waals surface area contributed by atoms with Gasteiger partial charge in [-0.3, -0.25) is 0 Å². The van der Waals surface area contributed by atoms with Gasteiger partial charge in [0.2, 0.25) is 0 Å². The fourth-order valence-corrected chi connectivity index (χ4v) is 2.69.